The summed E-state index contributed by atoms with van der Waals surface area (Å²) >= 11 is 0. The van der Waals surface area contributed by atoms with E-state index in [0.717, 1.165) is 5.56 Å². The molecule has 3 aromatic rings. The van der Waals surface area contributed by atoms with Gasteiger partial charge in [0.15, 0.2) is 17.0 Å². The number of carbonyl (C=O) groups is 1. The Bertz CT molecular complexity index is 1110. The monoisotopic (exact) mass is 454 g/mol. The molecule has 0 aliphatic carbocycles. The van der Waals surface area contributed by atoms with Crippen molar-refractivity contribution in [1.82, 2.24) is 34.4 Å². The molecule has 33 heavy (non-hydrogen) atoms. The number of nitrogens with one attached hydrogen (secondary N) is 1. The van der Waals surface area contributed by atoms with Crippen molar-refractivity contribution in [2.24, 2.45) is 0 Å². The number of ether oxygens (including phenoxy) is 2. The van der Waals surface area contributed by atoms with Crippen LogP contribution in [0, 0.1) is 6.92 Å². The molecule has 0 aromatic carbocycles. The van der Waals surface area contributed by atoms with E-state index in [9.17, 15) is 4.79 Å². The number of nitrogens with zero attached hydrogens (tertiary/aromatic N) is 7. The average molecular weight is 455 g/mol. The van der Waals surface area contributed by atoms with Gasteiger partial charge in [0.1, 0.15) is 24.0 Å². The van der Waals surface area contributed by atoms with Crippen LogP contribution >= 0.6 is 0 Å². The lowest BCUT2D eigenvalue weighted by atomic mass is 10.2. The fourth-order valence-corrected chi connectivity index (χ4v) is 4.15. The van der Waals surface area contributed by atoms with E-state index in [4.69, 9.17) is 14.5 Å². The summed E-state index contributed by atoms with van der Waals surface area (Å²) in [6.45, 7) is 9.71. The van der Waals surface area contributed by atoms with Crippen LogP contribution in [-0.2, 0) is 20.8 Å². The van der Waals surface area contributed by atoms with Gasteiger partial charge in [-0.25, -0.2) is 24.9 Å². The number of fused-ring (bicyclic) bond motifs is 1. The van der Waals surface area contributed by atoms with Crippen molar-refractivity contribution in [3.05, 3.63) is 24.5 Å². The number of hydrogen-bond acceptors (Lipinski definition) is 9. The Morgan fingerprint density at radius 3 is 2.55 bits per heavy atom. The van der Waals surface area contributed by atoms with Crippen molar-refractivity contribution in [1.29, 1.82) is 0 Å². The van der Waals surface area contributed by atoms with Gasteiger partial charge in [0.2, 0.25) is 5.91 Å². The molecule has 1 amide bonds. The van der Waals surface area contributed by atoms with E-state index in [1.807, 2.05) is 37.2 Å². The minimum atomic E-state index is -0.622. The number of anilines is 1. The molecule has 176 valence electrons. The van der Waals surface area contributed by atoms with Gasteiger partial charge in [-0.15, -0.1) is 0 Å². The Hall–Kier alpha value is -3.18. The molecule has 0 spiro atoms. The van der Waals surface area contributed by atoms with E-state index >= 15 is 0 Å². The van der Waals surface area contributed by atoms with E-state index in [1.165, 1.54) is 6.33 Å². The maximum Gasteiger partial charge on any atom is 0.247 e. The number of rotatable bonds is 7. The van der Waals surface area contributed by atoms with E-state index in [0.29, 0.717) is 48.3 Å². The Labute approximate surface area is 192 Å². The zero-order valence-corrected chi connectivity index (χ0v) is 19.6. The van der Waals surface area contributed by atoms with Gasteiger partial charge >= 0.3 is 0 Å². The first-order valence-electron chi connectivity index (χ1n) is 11.1. The highest BCUT2D eigenvalue weighted by molar-refractivity contribution is 5.90. The number of imidazole rings is 1. The third kappa shape index (κ3) is 4.79. The van der Waals surface area contributed by atoms with Crippen LogP contribution in [0.3, 0.4) is 0 Å². The lowest BCUT2D eigenvalue weighted by molar-refractivity contribution is -0.145. The maximum absolute atomic E-state index is 13.3. The first-order chi connectivity index (χ1) is 15.9. The molecule has 3 aromatic heterocycles. The van der Waals surface area contributed by atoms with Crippen molar-refractivity contribution in [3.8, 4) is 11.4 Å². The van der Waals surface area contributed by atoms with Crippen LogP contribution in [-0.4, -0.2) is 85.4 Å². The van der Waals surface area contributed by atoms with Crippen LogP contribution in [0.1, 0.15) is 26.6 Å². The molecule has 4 rings (SSSR count). The maximum atomic E-state index is 13.3. The molecular formula is C22H30N8O3. The Kier molecular flexibility index (Phi) is 6.80. The summed E-state index contributed by atoms with van der Waals surface area (Å²) in [6, 6.07) is -0.622. The minimum Gasteiger partial charge on any atom is -0.382 e. The fraction of sp³-hybridized carbons (Fsp3) is 0.545. The molecular weight excluding hydrogens is 424 g/mol. The molecule has 4 heterocycles. The van der Waals surface area contributed by atoms with E-state index in [2.05, 4.69) is 25.3 Å². The smallest absolute Gasteiger partial charge is 0.247 e. The number of aromatic nitrogens is 6. The predicted molar refractivity (Wildman–Crippen MR) is 123 cm³/mol. The quantitative estimate of drug-likeness (QED) is 0.568. The average Bonchev–Trinajstić information content (AvgIpc) is 3.17. The zero-order valence-electron chi connectivity index (χ0n) is 19.6. The predicted octanol–water partition coefficient (Wildman–Crippen LogP) is 1.67. The van der Waals surface area contributed by atoms with Gasteiger partial charge in [-0.3, -0.25) is 4.79 Å². The molecule has 0 unspecified atom stereocenters. The standard InChI is InChI=1S/C22H30N8O3/c1-6-30-20(16-7-23-15(4)24-8-16)28-18-19(25-12-26-21(18)30)27-17(11-32-5)22(31)29-9-13(2)33-14(3)10-29/h7-8,12-14,17H,6,9-11H2,1-5H3,(H,25,26,27)/t13-,14+,17-/m0/s1. The lowest BCUT2D eigenvalue weighted by Crippen LogP contribution is -2.53. The number of aryl methyl sites for hydroxylation is 2. The van der Waals surface area contributed by atoms with Crippen molar-refractivity contribution in [3.63, 3.8) is 0 Å². The topological polar surface area (TPSA) is 120 Å². The first kappa shape index (κ1) is 23.0. The fourth-order valence-electron chi connectivity index (χ4n) is 4.15. The van der Waals surface area contributed by atoms with Crippen LogP contribution < -0.4 is 5.32 Å². The van der Waals surface area contributed by atoms with Crippen LogP contribution in [0.15, 0.2) is 18.7 Å². The molecule has 0 bridgehead atoms. The molecule has 11 heteroatoms. The lowest BCUT2D eigenvalue weighted by Gasteiger charge is -2.37. The normalized spacial score (nSPS) is 19.6. The molecule has 0 radical (unpaired) electrons. The van der Waals surface area contributed by atoms with Gasteiger partial charge in [-0.2, -0.15) is 0 Å². The highest BCUT2D eigenvalue weighted by atomic mass is 16.5. The molecule has 11 nitrogen and oxygen atoms in total. The molecule has 1 N–H and O–H groups in total. The summed E-state index contributed by atoms with van der Waals surface area (Å²) in [5, 5.41) is 3.26. The summed E-state index contributed by atoms with van der Waals surface area (Å²) in [4.78, 5) is 37.4. The van der Waals surface area contributed by atoms with Crippen LogP contribution in [0.4, 0.5) is 5.82 Å². The summed E-state index contributed by atoms with van der Waals surface area (Å²) in [5.74, 6) is 1.80. The minimum absolute atomic E-state index is 0.0220. The van der Waals surface area contributed by atoms with Gasteiger partial charge in [-0.05, 0) is 27.7 Å². The Balaban J connectivity index is 1.68. The number of amides is 1. The van der Waals surface area contributed by atoms with Crippen LogP contribution in [0.5, 0.6) is 0 Å². The Morgan fingerprint density at radius 1 is 1.21 bits per heavy atom. The SMILES string of the molecule is CCn1c(-c2cnc(C)nc2)nc2c(N[C@@H](COC)C(=O)N3C[C@@H](C)O[C@@H](C)C3)ncnc21. The molecule has 3 atom stereocenters. The second-order valence-corrected chi connectivity index (χ2v) is 8.25. The van der Waals surface area contributed by atoms with E-state index in [-0.39, 0.29) is 24.7 Å². The summed E-state index contributed by atoms with van der Waals surface area (Å²) < 4.78 is 13.1. The van der Waals surface area contributed by atoms with Crippen molar-refractivity contribution >= 4 is 22.9 Å². The number of carbonyl (C=O) groups excluding carboxylic acids is 1. The highest BCUT2D eigenvalue weighted by Crippen LogP contribution is 2.27. The van der Waals surface area contributed by atoms with Gasteiger partial charge in [-0.1, -0.05) is 0 Å². The van der Waals surface area contributed by atoms with Crippen molar-refractivity contribution < 1.29 is 14.3 Å². The van der Waals surface area contributed by atoms with Gasteiger partial charge in [0.25, 0.3) is 0 Å². The molecule has 1 saturated heterocycles. The van der Waals surface area contributed by atoms with Crippen LogP contribution in [0.25, 0.3) is 22.6 Å². The largest absolute Gasteiger partial charge is 0.382 e. The van der Waals surface area contributed by atoms with Crippen molar-refractivity contribution in [2.75, 3.05) is 32.1 Å². The molecule has 1 fully saturated rings. The van der Waals surface area contributed by atoms with Gasteiger partial charge in [0.05, 0.1) is 24.4 Å². The van der Waals surface area contributed by atoms with E-state index in [1.54, 1.807) is 19.5 Å². The van der Waals surface area contributed by atoms with Gasteiger partial charge < -0.3 is 24.3 Å². The zero-order chi connectivity index (χ0) is 23.5. The summed E-state index contributed by atoms with van der Waals surface area (Å²) in [5.41, 5.74) is 2.03. The molecule has 1 aliphatic heterocycles. The van der Waals surface area contributed by atoms with E-state index < -0.39 is 6.04 Å². The Morgan fingerprint density at radius 2 is 1.91 bits per heavy atom. The third-order valence-corrected chi connectivity index (χ3v) is 5.56. The van der Waals surface area contributed by atoms with Crippen molar-refractivity contribution in [2.45, 2.75) is 52.5 Å². The number of methoxy groups -OCH3 is 1. The molecule has 1 aliphatic rings. The molecule has 0 saturated carbocycles. The second-order valence-electron chi connectivity index (χ2n) is 8.25. The highest BCUT2D eigenvalue weighted by Gasteiger charge is 2.31. The number of hydrogen-bond donors (Lipinski definition) is 1. The summed E-state index contributed by atoms with van der Waals surface area (Å²) in [6.07, 6.45) is 4.92. The second kappa shape index (κ2) is 9.75. The number of morpholine rings is 1. The third-order valence-electron chi connectivity index (χ3n) is 5.56. The summed E-state index contributed by atoms with van der Waals surface area (Å²) in [7, 11) is 1.57. The first-order valence-corrected chi connectivity index (χ1v) is 11.1. The van der Waals surface area contributed by atoms with Crippen LogP contribution in [0.2, 0.25) is 0 Å². The van der Waals surface area contributed by atoms with Gasteiger partial charge in [0, 0.05) is 39.1 Å².